The summed E-state index contributed by atoms with van der Waals surface area (Å²) >= 11 is 0.975. The van der Waals surface area contributed by atoms with Gasteiger partial charge in [0, 0.05) is 37.7 Å². The predicted octanol–water partition coefficient (Wildman–Crippen LogP) is -0.759. The van der Waals surface area contributed by atoms with Gasteiger partial charge in [-0.25, -0.2) is 0 Å². The summed E-state index contributed by atoms with van der Waals surface area (Å²) in [5.74, 6) is 0.714. The van der Waals surface area contributed by atoms with Crippen LogP contribution in [0.25, 0.3) is 0 Å². The van der Waals surface area contributed by atoms with E-state index >= 15 is 0 Å². The lowest BCUT2D eigenvalue weighted by Crippen LogP contribution is -2.44. The van der Waals surface area contributed by atoms with Gasteiger partial charge in [0.1, 0.15) is 0 Å². The van der Waals surface area contributed by atoms with Crippen molar-refractivity contribution in [2.24, 2.45) is 0 Å². The van der Waals surface area contributed by atoms with Gasteiger partial charge in [-0.05, 0) is 0 Å². The summed E-state index contributed by atoms with van der Waals surface area (Å²) in [5, 5.41) is 3.23. The Morgan fingerprint density at radius 1 is 1.42 bits per heavy atom. The van der Waals surface area contributed by atoms with E-state index in [0.29, 0.717) is 5.95 Å². The summed E-state index contributed by atoms with van der Waals surface area (Å²) in [4.78, 5) is 15.5. The molecule has 1 saturated heterocycles. The molecule has 0 bridgehead atoms. The third kappa shape index (κ3) is 1.49. The number of hydrogen-bond acceptors (Lipinski definition) is 5. The minimum Gasteiger partial charge on any atom is -0.339 e. The zero-order chi connectivity index (χ0) is 8.39. The smallest absolute Gasteiger partial charge is 0.325 e. The second-order valence-corrected chi connectivity index (χ2v) is 3.39. The SMILES string of the molecule is O=c1[nH]c(N2CCNCC2)ns1. The molecule has 5 nitrogen and oxygen atoms in total. The highest BCUT2D eigenvalue weighted by Gasteiger charge is 2.12. The molecule has 2 heterocycles. The molecule has 66 valence electrons. The summed E-state index contributed by atoms with van der Waals surface area (Å²) in [5.41, 5.74) is 0. The second kappa shape index (κ2) is 3.24. The highest BCUT2D eigenvalue weighted by molar-refractivity contribution is 7.03. The maximum atomic E-state index is 10.8. The Morgan fingerprint density at radius 2 is 2.17 bits per heavy atom. The van der Waals surface area contributed by atoms with Gasteiger partial charge in [-0.3, -0.25) is 9.78 Å². The Bertz CT molecular complexity index is 300. The van der Waals surface area contributed by atoms with Gasteiger partial charge < -0.3 is 10.2 Å². The summed E-state index contributed by atoms with van der Waals surface area (Å²) in [7, 11) is 0. The van der Waals surface area contributed by atoms with Gasteiger partial charge >= 0.3 is 4.87 Å². The van der Waals surface area contributed by atoms with Crippen LogP contribution in [0.2, 0.25) is 0 Å². The minimum atomic E-state index is -0.0801. The second-order valence-electron chi connectivity index (χ2n) is 2.66. The number of anilines is 1. The Hall–Kier alpha value is -0.880. The number of hydrogen-bond donors (Lipinski definition) is 2. The highest BCUT2D eigenvalue weighted by Crippen LogP contribution is 2.05. The molecule has 0 spiro atoms. The van der Waals surface area contributed by atoms with Gasteiger partial charge in [0.15, 0.2) is 0 Å². The molecule has 1 aliphatic heterocycles. The van der Waals surface area contributed by atoms with Crippen molar-refractivity contribution in [3.63, 3.8) is 0 Å². The number of nitrogens with zero attached hydrogens (tertiary/aromatic N) is 2. The fraction of sp³-hybridized carbons (Fsp3) is 0.667. The largest absolute Gasteiger partial charge is 0.339 e. The summed E-state index contributed by atoms with van der Waals surface area (Å²) < 4.78 is 4.01. The molecule has 0 saturated carbocycles. The van der Waals surface area contributed by atoms with Crippen LogP contribution >= 0.6 is 11.5 Å². The summed E-state index contributed by atoms with van der Waals surface area (Å²) in [6.07, 6.45) is 0. The Kier molecular flexibility index (Phi) is 2.09. The molecule has 1 aliphatic rings. The molecule has 2 rings (SSSR count). The highest BCUT2D eigenvalue weighted by atomic mass is 32.1. The molecule has 0 amide bonds. The van der Waals surface area contributed by atoms with E-state index in [2.05, 4.69) is 19.6 Å². The van der Waals surface area contributed by atoms with E-state index in [4.69, 9.17) is 0 Å². The van der Waals surface area contributed by atoms with E-state index in [1.54, 1.807) is 0 Å². The van der Waals surface area contributed by atoms with E-state index in [-0.39, 0.29) is 4.87 Å². The van der Waals surface area contributed by atoms with Crippen molar-refractivity contribution < 1.29 is 0 Å². The van der Waals surface area contributed by atoms with Crippen LogP contribution in [0.3, 0.4) is 0 Å². The molecule has 0 atom stereocenters. The van der Waals surface area contributed by atoms with Gasteiger partial charge in [-0.2, -0.15) is 4.37 Å². The van der Waals surface area contributed by atoms with Crippen molar-refractivity contribution >= 4 is 17.5 Å². The topological polar surface area (TPSA) is 61.0 Å². The molecule has 1 aromatic rings. The molecule has 0 aliphatic carbocycles. The molecule has 0 aromatic carbocycles. The molecule has 0 radical (unpaired) electrons. The molecule has 1 fully saturated rings. The van der Waals surface area contributed by atoms with Crippen molar-refractivity contribution in [2.75, 3.05) is 31.1 Å². The third-order valence-electron chi connectivity index (χ3n) is 1.85. The zero-order valence-corrected chi connectivity index (χ0v) is 7.36. The van der Waals surface area contributed by atoms with Gasteiger partial charge in [-0.1, -0.05) is 0 Å². The lowest BCUT2D eigenvalue weighted by molar-refractivity contribution is 0.582. The number of nitrogens with one attached hydrogen (secondary N) is 2. The molecule has 0 unspecified atom stereocenters. The standard InChI is InChI=1S/C6H10N4OS/c11-6-8-5(9-12-6)10-3-1-7-2-4-10/h7H,1-4H2,(H,8,9,11). The van der Waals surface area contributed by atoms with Crippen molar-refractivity contribution in [3.8, 4) is 0 Å². The molecular weight excluding hydrogens is 176 g/mol. The number of piperazine rings is 1. The first-order valence-corrected chi connectivity index (χ1v) is 4.65. The van der Waals surface area contributed by atoms with Crippen molar-refractivity contribution in [1.29, 1.82) is 0 Å². The quantitative estimate of drug-likeness (QED) is 0.605. The van der Waals surface area contributed by atoms with Crippen molar-refractivity contribution in [2.45, 2.75) is 0 Å². The first-order chi connectivity index (χ1) is 5.86. The number of rotatable bonds is 1. The molecule has 2 N–H and O–H groups in total. The lowest BCUT2D eigenvalue weighted by atomic mass is 10.4. The van der Waals surface area contributed by atoms with Crippen LogP contribution in [-0.2, 0) is 0 Å². The average Bonchev–Trinajstić information content (AvgIpc) is 2.54. The molecule has 6 heteroatoms. The van der Waals surface area contributed by atoms with Crippen LogP contribution in [-0.4, -0.2) is 35.5 Å². The Labute approximate surface area is 73.6 Å². The first kappa shape index (κ1) is 7.75. The summed E-state index contributed by atoms with van der Waals surface area (Å²) in [6, 6.07) is 0. The first-order valence-electron chi connectivity index (χ1n) is 3.88. The van der Waals surface area contributed by atoms with Crippen molar-refractivity contribution in [1.82, 2.24) is 14.7 Å². The van der Waals surface area contributed by atoms with Crippen LogP contribution < -0.4 is 15.1 Å². The maximum absolute atomic E-state index is 10.8. The van der Waals surface area contributed by atoms with E-state index in [1.165, 1.54) is 0 Å². The van der Waals surface area contributed by atoms with Gasteiger partial charge in [0.05, 0.1) is 0 Å². The van der Waals surface area contributed by atoms with Gasteiger partial charge in [0.25, 0.3) is 0 Å². The monoisotopic (exact) mass is 186 g/mol. The van der Waals surface area contributed by atoms with Crippen LogP contribution in [0.1, 0.15) is 0 Å². The average molecular weight is 186 g/mol. The number of aromatic nitrogens is 2. The normalized spacial score (nSPS) is 18.2. The van der Waals surface area contributed by atoms with Crippen LogP contribution in [0, 0.1) is 0 Å². The van der Waals surface area contributed by atoms with E-state index in [0.717, 1.165) is 37.7 Å². The lowest BCUT2D eigenvalue weighted by Gasteiger charge is -2.26. The Balaban J connectivity index is 2.13. The Morgan fingerprint density at radius 3 is 2.75 bits per heavy atom. The van der Waals surface area contributed by atoms with Gasteiger partial charge in [-0.15, -0.1) is 0 Å². The molecule has 1 aromatic heterocycles. The maximum Gasteiger partial charge on any atom is 0.325 e. The molecule has 12 heavy (non-hydrogen) atoms. The van der Waals surface area contributed by atoms with Crippen molar-refractivity contribution in [3.05, 3.63) is 9.67 Å². The van der Waals surface area contributed by atoms with Crippen LogP contribution in [0.5, 0.6) is 0 Å². The summed E-state index contributed by atoms with van der Waals surface area (Å²) in [6.45, 7) is 3.75. The number of H-pyrrole nitrogens is 1. The predicted molar refractivity (Wildman–Crippen MR) is 47.8 cm³/mol. The number of aromatic amines is 1. The zero-order valence-electron chi connectivity index (χ0n) is 6.54. The van der Waals surface area contributed by atoms with E-state index in [1.807, 2.05) is 0 Å². The van der Waals surface area contributed by atoms with Gasteiger partial charge in [0.2, 0.25) is 5.95 Å². The fourth-order valence-corrected chi connectivity index (χ4v) is 1.70. The fourth-order valence-electron chi connectivity index (χ4n) is 1.24. The molecular formula is C6H10N4OS. The van der Waals surface area contributed by atoms with Crippen LogP contribution in [0.15, 0.2) is 4.79 Å². The van der Waals surface area contributed by atoms with Crippen LogP contribution in [0.4, 0.5) is 5.95 Å². The third-order valence-corrected chi connectivity index (χ3v) is 2.38. The van der Waals surface area contributed by atoms with E-state index in [9.17, 15) is 4.79 Å². The van der Waals surface area contributed by atoms with E-state index < -0.39 is 0 Å². The minimum absolute atomic E-state index is 0.0801.